The first-order valence-electron chi connectivity index (χ1n) is 13.2. The van der Waals surface area contributed by atoms with Gasteiger partial charge in [0.1, 0.15) is 24.5 Å². The van der Waals surface area contributed by atoms with Crippen LogP contribution in [0.4, 0.5) is 13.2 Å². The molecule has 1 atom stereocenters. The second-order valence-electron chi connectivity index (χ2n) is 9.96. The van der Waals surface area contributed by atoms with Crippen LogP contribution in [-0.2, 0) is 31.1 Å². The van der Waals surface area contributed by atoms with Gasteiger partial charge in [-0.1, -0.05) is 18.2 Å². The van der Waals surface area contributed by atoms with Crippen LogP contribution in [0, 0.1) is 0 Å². The lowest BCUT2D eigenvalue weighted by Crippen LogP contribution is -2.55. The van der Waals surface area contributed by atoms with Gasteiger partial charge in [0.2, 0.25) is 5.91 Å². The van der Waals surface area contributed by atoms with Crippen LogP contribution < -0.4 is 9.47 Å². The molecule has 2 aliphatic rings. The number of likely N-dealkylation sites (tertiary alicyclic amines) is 1. The van der Waals surface area contributed by atoms with Crippen molar-refractivity contribution in [2.75, 3.05) is 47.0 Å². The molecule has 1 amide bonds. The number of carbonyl (C=O) groups is 3. The van der Waals surface area contributed by atoms with Crippen molar-refractivity contribution in [2.24, 2.45) is 0 Å². The molecule has 1 unspecified atom stereocenters. The lowest BCUT2D eigenvalue weighted by Gasteiger charge is -2.45. The number of hydrogen-bond donors (Lipinski definition) is 2. The number of H-pyrrole nitrogens is 1. The predicted octanol–water partition coefficient (Wildman–Crippen LogP) is 3.74. The van der Waals surface area contributed by atoms with E-state index in [4.69, 9.17) is 24.1 Å². The Labute approximate surface area is 239 Å². The molecule has 10 nitrogen and oxygen atoms in total. The first kappa shape index (κ1) is 30.7. The van der Waals surface area contributed by atoms with Crippen LogP contribution >= 0.6 is 0 Å². The van der Waals surface area contributed by atoms with Crippen LogP contribution in [-0.4, -0.2) is 90.9 Å². The van der Waals surface area contributed by atoms with Gasteiger partial charge in [-0.3, -0.25) is 14.5 Å². The summed E-state index contributed by atoms with van der Waals surface area (Å²) in [5, 5.41) is 8.25. The topological polar surface area (TPSA) is 121 Å². The molecule has 1 spiro atoms. The number of amides is 1. The molecule has 42 heavy (non-hydrogen) atoms. The van der Waals surface area contributed by atoms with Gasteiger partial charge in [0.15, 0.2) is 0 Å². The lowest BCUT2D eigenvalue weighted by molar-refractivity contribution is -0.192. The predicted molar refractivity (Wildman–Crippen MR) is 145 cm³/mol. The minimum absolute atomic E-state index is 0.193. The summed E-state index contributed by atoms with van der Waals surface area (Å²) >= 11 is 0. The average Bonchev–Trinajstić information content (AvgIpc) is 3.56. The number of rotatable bonds is 7. The van der Waals surface area contributed by atoms with E-state index in [1.54, 1.807) is 7.11 Å². The number of methoxy groups -OCH3 is 2. The van der Waals surface area contributed by atoms with E-state index in [0.29, 0.717) is 26.1 Å². The van der Waals surface area contributed by atoms with Crippen molar-refractivity contribution in [2.45, 2.75) is 31.0 Å². The Morgan fingerprint density at radius 1 is 1.05 bits per heavy atom. The molecule has 2 N–H and O–H groups in total. The molecule has 1 saturated heterocycles. The number of aromatic nitrogens is 1. The molecule has 1 fully saturated rings. The van der Waals surface area contributed by atoms with Gasteiger partial charge >= 0.3 is 18.1 Å². The molecule has 2 aliphatic heterocycles. The molecule has 3 heterocycles. The van der Waals surface area contributed by atoms with Gasteiger partial charge in [0.25, 0.3) is 0 Å². The van der Waals surface area contributed by atoms with Gasteiger partial charge in [0.05, 0.1) is 19.8 Å². The van der Waals surface area contributed by atoms with E-state index in [9.17, 15) is 22.8 Å². The van der Waals surface area contributed by atoms with Crippen molar-refractivity contribution in [3.63, 3.8) is 0 Å². The Bertz CT molecular complexity index is 1430. The third-order valence-corrected chi connectivity index (χ3v) is 7.49. The molecular weight excluding hydrogens is 559 g/mol. The highest BCUT2D eigenvalue weighted by molar-refractivity contribution is 5.95. The molecule has 226 valence electrons. The number of alkyl halides is 3. The van der Waals surface area contributed by atoms with Gasteiger partial charge in [0, 0.05) is 42.8 Å². The van der Waals surface area contributed by atoms with E-state index in [2.05, 4.69) is 16.0 Å². The molecule has 0 saturated carbocycles. The van der Waals surface area contributed by atoms with Crippen LogP contribution in [0.3, 0.4) is 0 Å². The molecule has 0 bridgehead atoms. The SMILES string of the molecule is COC(=O)CC(=O)N1CCc2c([nH]c3ccc(OC)cc23)C12CCN(CCOc1ccccc1)C2.O=C(O)C(F)(F)F. The van der Waals surface area contributed by atoms with Crippen LogP contribution in [0.5, 0.6) is 11.5 Å². The fourth-order valence-corrected chi connectivity index (χ4v) is 5.53. The fraction of sp³-hybridized carbons (Fsp3) is 0.414. The number of halogens is 3. The number of carboxylic acids is 1. The summed E-state index contributed by atoms with van der Waals surface area (Å²) in [6, 6.07) is 15.8. The van der Waals surface area contributed by atoms with E-state index in [1.807, 2.05) is 47.4 Å². The van der Waals surface area contributed by atoms with Crippen molar-refractivity contribution in [1.82, 2.24) is 14.8 Å². The van der Waals surface area contributed by atoms with E-state index < -0.39 is 23.7 Å². The highest BCUT2D eigenvalue weighted by atomic mass is 19.4. The summed E-state index contributed by atoms with van der Waals surface area (Å²) in [5.74, 6) is -1.80. The van der Waals surface area contributed by atoms with Crippen molar-refractivity contribution in [1.29, 1.82) is 0 Å². The van der Waals surface area contributed by atoms with E-state index >= 15 is 0 Å². The molecule has 2 aromatic carbocycles. The van der Waals surface area contributed by atoms with Crippen molar-refractivity contribution >= 4 is 28.7 Å². The second-order valence-corrected chi connectivity index (χ2v) is 9.96. The number of nitrogens with one attached hydrogen (secondary N) is 1. The van der Waals surface area contributed by atoms with Crippen molar-refractivity contribution < 1.29 is 46.9 Å². The molecule has 1 aromatic heterocycles. The maximum Gasteiger partial charge on any atom is 0.490 e. The largest absolute Gasteiger partial charge is 0.497 e. The number of fused-ring (bicyclic) bond motifs is 4. The number of aliphatic carboxylic acids is 1. The Balaban J connectivity index is 0.000000517. The minimum atomic E-state index is -5.08. The smallest absolute Gasteiger partial charge is 0.490 e. The Kier molecular flexibility index (Phi) is 9.30. The van der Waals surface area contributed by atoms with Crippen LogP contribution in [0.25, 0.3) is 10.9 Å². The molecular formula is C29H32F3N3O7. The monoisotopic (exact) mass is 591 g/mol. The Hall–Kier alpha value is -4.26. The zero-order valence-electron chi connectivity index (χ0n) is 23.2. The standard InChI is InChI=1S/C27H31N3O5.C2HF3O2/c1-33-20-8-9-23-22(16-20)21-10-12-30(24(31)17-25(32)34-2)27(26(21)28-23)11-13-29(18-27)14-15-35-19-6-4-3-5-7-19;3-2(4,5)1(6)7/h3-9,16,28H,10-15,17-18H2,1-2H3;(H,6,7). The van der Waals surface area contributed by atoms with Crippen LogP contribution in [0.2, 0.25) is 0 Å². The van der Waals surface area contributed by atoms with Gasteiger partial charge < -0.3 is 29.2 Å². The van der Waals surface area contributed by atoms with Crippen molar-refractivity contribution in [3.05, 3.63) is 59.8 Å². The Morgan fingerprint density at radius 3 is 2.40 bits per heavy atom. The molecule has 5 rings (SSSR count). The summed E-state index contributed by atoms with van der Waals surface area (Å²) in [7, 11) is 2.98. The molecule has 0 aliphatic carbocycles. The first-order chi connectivity index (χ1) is 20.0. The number of hydrogen-bond acceptors (Lipinski definition) is 7. The van der Waals surface area contributed by atoms with E-state index in [0.717, 1.165) is 47.6 Å². The van der Waals surface area contributed by atoms with E-state index in [-0.39, 0.29) is 12.3 Å². The third kappa shape index (κ3) is 6.62. The number of carbonyl (C=O) groups excluding carboxylic acids is 2. The number of nitrogens with zero attached hydrogens (tertiary/aromatic N) is 2. The summed E-state index contributed by atoms with van der Waals surface area (Å²) in [6.07, 6.45) is -3.84. The maximum absolute atomic E-state index is 13.3. The van der Waals surface area contributed by atoms with Gasteiger partial charge in [-0.05, 0) is 48.7 Å². The summed E-state index contributed by atoms with van der Waals surface area (Å²) in [5.41, 5.74) is 2.79. The molecule has 3 aromatic rings. The highest BCUT2D eigenvalue weighted by Gasteiger charge is 2.51. The summed E-state index contributed by atoms with van der Waals surface area (Å²) in [4.78, 5) is 42.0. The highest BCUT2D eigenvalue weighted by Crippen LogP contribution is 2.45. The quantitative estimate of drug-likeness (QED) is 0.315. The number of esters is 1. The normalized spacial score (nSPS) is 18.3. The fourth-order valence-electron chi connectivity index (χ4n) is 5.53. The summed E-state index contributed by atoms with van der Waals surface area (Å²) in [6.45, 7) is 3.38. The zero-order valence-corrected chi connectivity index (χ0v) is 23.2. The zero-order chi connectivity index (χ0) is 30.5. The summed E-state index contributed by atoms with van der Waals surface area (Å²) < 4.78 is 47.9. The number of ether oxygens (including phenoxy) is 3. The first-order valence-corrected chi connectivity index (χ1v) is 13.2. The van der Waals surface area contributed by atoms with Gasteiger partial charge in [-0.2, -0.15) is 13.2 Å². The minimum Gasteiger partial charge on any atom is -0.497 e. The Morgan fingerprint density at radius 2 is 1.76 bits per heavy atom. The molecule has 13 heteroatoms. The van der Waals surface area contributed by atoms with Gasteiger partial charge in [-0.25, -0.2) is 4.79 Å². The third-order valence-electron chi connectivity index (χ3n) is 7.49. The van der Waals surface area contributed by atoms with Gasteiger partial charge in [-0.15, -0.1) is 0 Å². The maximum atomic E-state index is 13.3. The number of carboxylic acid groups (broad SMARTS) is 1. The van der Waals surface area contributed by atoms with Crippen LogP contribution in [0.15, 0.2) is 48.5 Å². The second kappa shape index (κ2) is 12.7. The average molecular weight is 592 g/mol. The van der Waals surface area contributed by atoms with Crippen LogP contribution in [0.1, 0.15) is 24.1 Å². The van der Waals surface area contributed by atoms with E-state index in [1.165, 1.54) is 12.7 Å². The van der Waals surface area contributed by atoms with Crippen molar-refractivity contribution in [3.8, 4) is 11.5 Å². The number of aromatic amines is 1. The molecule has 0 radical (unpaired) electrons. The number of para-hydroxylation sites is 1. The lowest BCUT2D eigenvalue weighted by atomic mass is 9.83. The number of benzene rings is 2.